The highest BCUT2D eigenvalue weighted by Crippen LogP contribution is 2.31. The fourth-order valence-corrected chi connectivity index (χ4v) is 6.58. The molecule has 8 heteroatoms. The Morgan fingerprint density at radius 3 is 2.57 bits per heavy atom. The molecule has 35 heavy (non-hydrogen) atoms. The number of fused-ring (bicyclic) bond motifs is 2. The van der Waals surface area contributed by atoms with E-state index in [1.807, 2.05) is 43.0 Å². The maximum absolute atomic E-state index is 13.4. The molecular weight excluding hydrogens is 460 g/mol. The molecule has 0 N–H and O–H groups in total. The fraction of sp³-hybridized carbons (Fsp3) is 0.481. The summed E-state index contributed by atoms with van der Waals surface area (Å²) < 4.78 is 29.6. The van der Waals surface area contributed by atoms with E-state index in [9.17, 15) is 13.2 Å². The predicted octanol–water partition coefficient (Wildman–Crippen LogP) is 4.78. The van der Waals surface area contributed by atoms with Gasteiger partial charge in [0.1, 0.15) is 5.82 Å². The number of hydrogen-bond acceptors (Lipinski definition) is 4. The number of carbonyl (C=O) groups is 1. The molecule has 1 aliphatic heterocycles. The third-order valence-corrected chi connectivity index (χ3v) is 8.99. The minimum atomic E-state index is -3.56. The molecular formula is C27H36N4O3S. The Morgan fingerprint density at radius 1 is 1.11 bits per heavy atom. The zero-order valence-corrected chi connectivity index (χ0v) is 22.0. The van der Waals surface area contributed by atoms with Crippen LogP contribution in [0.5, 0.6) is 0 Å². The van der Waals surface area contributed by atoms with Crippen LogP contribution in [0.4, 0.5) is 5.69 Å². The minimum Gasteiger partial charge on any atom is -0.328 e. The summed E-state index contributed by atoms with van der Waals surface area (Å²) in [6.07, 6.45) is 3.74. The molecule has 1 amide bonds. The topological polar surface area (TPSA) is 75.5 Å². The highest BCUT2D eigenvalue weighted by molar-refractivity contribution is 7.89. The van der Waals surface area contributed by atoms with Gasteiger partial charge in [0.2, 0.25) is 15.9 Å². The number of aryl methyl sites for hydroxylation is 3. The monoisotopic (exact) mass is 496 g/mol. The summed E-state index contributed by atoms with van der Waals surface area (Å²) >= 11 is 0. The number of hydrogen-bond donors (Lipinski definition) is 0. The van der Waals surface area contributed by atoms with Gasteiger partial charge in [-0.2, -0.15) is 4.31 Å². The Labute approximate surface area is 208 Å². The second-order valence-electron chi connectivity index (χ2n) is 9.20. The largest absolute Gasteiger partial charge is 0.328 e. The van der Waals surface area contributed by atoms with Crippen molar-refractivity contribution >= 4 is 32.7 Å². The average molecular weight is 497 g/mol. The molecule has 0 saturated heterocycles. The Bertz CT molecular complexity index is 1310. The number of nitrogens with zero attached hydrogens (tertiary/aromatic N) is 4. The van der Waals surface area contributed by atoms with Gasteiger partial charge in [0.15, 0.2) is 0 Å². The first-order valence-electron chi connectivity index (χ1n) is 12.7. The summed E-state index contributed by atoms with van der Waals surface area (Å²) in [6, 6.07) is 13.5. The van der Waals surface area contributed by atoms with Crippen LogP contribution in [-0.2, 0) is 34.2 Å². The zero-order valence-electron chi connectivity index (χ0n) is 21.2. The van der Waals surface area contributed by atoms with Crippen LogP contribution in [0.15, 0.2) is 47.4 Å². The van der Waals surface area contributed by atoms with Gasteiger partial charge in [0.25, 0.3) is 0 Å². The maximum Gasteiger partial charge on any atom is 0.243 e. The first-order chi connectivity index (χ1) is 16.8. The molecule has 3 aromatic rings. The van der Waals surface area contributed by atoms with E-state index in [0.717, 1.165) is 42.8 Å². The molecule has 0 aliphatic carbocycles. The highest BCUT2D eigenvalue weighted by atomic mass is 32.2. The lowest BCUT2D eigenvalue weighted by molar-refractivity contribution is -0.119. The number of anilines is 1. The second kappa shape index (κ2) is 10.5. The van der Waals surface area contributed by atoms with Crippen LogP contribution in [-0.4, -0.2) is 47.3 Å². The number of carbonyl (C=O) groups excluding carboxylic acids is 1. The third kappa shape index (κ3) is 4.86. The predicted molar refractivity (Wildman–Crippen MR) is 140 cm³/mol. The van der Waals surface area contributed by atoms with Crippen molar-refractivity contribution in [1.29, 1.82) is 0 Å². The van der Waals surface area contributed by atoms with Crippen molar-refractivity contribution in [3.05, 3.63) is 53.9 Å². The van der Waals surface area contributed by atoms with E-state index in [4.69, 9.17) is 4.98 Å². The number of rotatable bonds is 9. The normalized spacial score (nSPS) is 16.1. The van der Waals surface area contributed by atoms with Gasteiger partial charge in [0.05, 0.1) is 15.9 Å². The maximum atomic E-state index is 13.4. The van der Waals surface area contributed by atoms with Crippen molar-refractivity contribution in [3.8, 4) is 0 Å². The number of para-hydroxylation sites is 1. The van der Waals surface area contributed by atoms with Gasteiger partial charge in [-0.05, 0) is 56.0 Å². The van der Waals surface area contributed by atoms with Crippen LogP contribution < -0.4 is 4.90 Å². The Morgan fingerprint density at radius 2 is 1.86 bits per heavy atom. The van der Waals surface area contributed by atoms with Gasteiger partial charge >= 0.3 is 0 Å². The lowest BCUT2D eigenvalue weighted by Crippen LogP contribution is -2.42. The molecule has 1 aliphatic rings. The van der Waals surface area contributed by atoms with Gasteiger partial charge < -0.3 is 9.47 Å². The summed E-state index contributed by atoms with van der Waals surface area (Å²) in [7, 11) is -3.56. The van der Waals surface area contributed by atoms with Crippen LogP contribution in [0, 0.1) is 0 Å². The quantitative estimate of drug-likeness (QED) is 0.427. The molecule has 0 bridgehead atoms. The number of imidazole rings is 1. The highest BCUT2D eigenvalue weighted by Gasteiger charge is 2.28. The molecule has 2 heterocycles. The van der Waals surface area contributed by atoms with Crippen LogP contribution in [0.1, 0.15) is 58.3 Å². The van der Waals surface area contributed by atoms with Crippen LogP contribution >= 0.6 is 0 Å². The van der Waals surface area contributed by atoms with E-state index in [-0.39, 0.29) is 16.8 Å². The van der Waals surface area contributed by atoms with Crippen molar-refractivity contribution < 1.29 is 13.2 Å². The molecule has 0 radical (unpaired) electrons. The molecule has 1 atom stereocenters. The molecule has 0 fully saturated rings. The summed E-state index contributed by atoms with van der Waals surface area (Å²) in [5, 5.41) is 0. The molecule has 1 unspecified atom stereocenters. The lowest BCUT2D eigenvalue weighted by Gasteiger charge is -2.35. The summed E-state index contributed by atoms with van der Waals surface area (Å²) in [6.45, 7) is 9.51. The Hall–Kier alpha value is -2.71. The van der Waals surface area contributed by atoms with Crippen LogP contribution in [0.2, 0.25) is 0 Å². The molecule has 1 aromatic heterocycles. The van der Waals surface area contributed by atoms with Gasteiger partial charge in [0, 0.05) is 44.2 Å². The number of aromatic nitrogens is 2. The average Bonchev–Trinajstić information content (AvgIpc) is 3.20. The first kappa shape index (κ1) is 25.4. The van der Waals surface area contributed by atoms with Crippen LogP contribution in [0.25, 0.3) is 11.0 Å². The van der Waals surface area contributed by atoms with Crippen molar-refractivity contribution in [2.75, 3.05) is 18.0 Å². The molecule has 2 aromatic carbocycles. The van der Waals surface area contributed by atoms with E-state index in [2.05, 4.69) is 24.5 Å². The standard InChI is InChI=1S/C27H36N4O3S/c1-5-18-30-25-15-14-22(35(33,34)29(6-2)7-3)19-23(25)28-26(30)16-17-27(32)31-20(4)12-13-21-10-8-9-11-24(21)31/h8-11,14-15,19-20H,5-7,12-13,16-18H2,1-4H3. The van der Waals surface area contributed by atoms with E-state index in [1.54, 1.807) is 12.1 Å². The molecule has 0 spiro atoms. The third-order valence-electron chi connectivity index (χ3n) is 6.94. The number of benzene rings is 2. The Balaban J connectivity index is 1.62. The van der Waals surface area contributed by atoms with Gasteiger partial charge in [-0.15, -0.1) is 0 Å². The molecule has 0 saturated carbocycles. The summed E-state index contributed by atoms with van der Waals surface area (Å²) in [4.78, 5) is 20.4. The lowest BCUT2D eigenvalue weighted by atomic mass is 9.96. The first-order valence-corrected chi connectivity index (χ1v) is 14.1. The zero-order chi connectivity index (χ0) is 25.2. The van der Waals surface area contributed by atoms with Crippen molar-refractivity contribution in [3.63, 3.8) is 0 Å². The van der Waals surface area contributed by atoms with E-state index in [1.165, 1.54) is 9.87 Å². The fourth-order valence-electron chi connectivity index (χ4n) is 5.10. The summed E-state index contributed by atoms with van der Waals surface area (Å²) in [5.74, 6) is 0.926. The molecule has 4 rings (SSSR count). The van der Waals surface area contributed by atoms with E-state index >= 15 is 0 Å². The van der Waals surface area contributed by atoms with E-state index < -0.39 is 10.0 Å². The number of sulfonamides is 1. The van der Waals surface area contributed by atoms with Gasteiger partial charge in [-0.25, -0.2) is 13.4 Å². The Kier molecular flexibility index (Phi) is 7.62. The van der Waals surface area contributed by atoms with Gasteiger partial charge in [-0.3, -0.25) is 4.79 Å². The molecule has 7 nitrogen and oxygen atoms in total. The van der Waals surface area contributed by atoms with E-state index in [0.29, 0.717) is 31.4 Å². The van der Waals surface area contributed by atoms with Crippen molar-refractivity contribution in [2.24, 2.45) is 0 Å². The van der Waals surface area contributed by atoms with Crippen LogP contribution in [0.3, 0.4) is 0 Å². The smallest absolute Gasteiger partial charge is 0.243 e. The number of amides is 1. The molecule has 188 valence electrons. The SMILES string of the molecule is CCCn1c(CCC(=O)N2c3ccccc3CCC2C)nc2cc(S(=O)(=O)N(CC)CC)ccc21. The minimum absolute atomic E-state index is 0.101. The second-order valence-corrected chi connectivity index (χ2v) is 11.1. The van der Waals surface area contributed by atoms with Crippen molar-refractivity contribution in [2.45, 2.75) is 77.3 Å². The van der Waals surface area contributed by atoms with Gasteiger partial charge in [-0.1, -0.05) is 39.0 Å². The van der Waals surface area contributed by atoms with Crippen molar-refractivity contribution in [1.82, 2.24) is 13.9 Å². The summed E-state index contributed by atoms with van der Waals surface area (Å²) in [5.41, 5.74) is 3.80.